The maximum atomic E-state index is 13.0. The number of hydrogen-bond donors (Lipinski definition) is 0. The van der Waals surface area contributed by atoms with E-state index in [1.54, 1.807) is 54.4 Å². The Morgan fingerprint density at radius 2 is 1.67 bits per heavy atom. The van der Waals surface area contributed by atoms with Crippen molar-refractivity contribution in [3.8, 4) is 22.8 Å². The summed E-state index contributed by atoms with van der Waals surface area (Å²) in [7, 11) is -1.74. The van der Waals surface area contributed by atoms with Crippen LogP contribution in [0.2, 0.25) is 0 Å². The molecule has 0 unspecified atom stereocenters. The van der Waals surface area contributed by atoms with Gasteiger partial charge in [-0.2, -0.15) is 4.98 Å². The smallest absolute Gasteiger partial charge is 0.259 e. The van der Waals surface area contributed by atoms with Crippen LogP contribution in [-0.2, 0) is 15.6 Å². The van der Waals surface area contributed by atoms with Gasteiger partial charge in [0.15, 0.2) is 9.84 Å². The van der Waals surface area contributed by atoms with Gasteiger partial charge < -0.3 is 9.42 Å². The van der Waals surface area contributed by atoms with Crippen LogP contribution < -0.4 is 4.90 Å². The molecule has 1 aliphatic heterocycles. The maximum Gasteiger partial charge on any atom is 0.259 e. The summed E-state index contributed by atoms with van der Waals surface area (Å²) in [6.07, 6.45) is 0. The quantitative estimate of drug-likeness (QED) is 0.248. The Hall–Kier alpha value is -4.21. The zero-order valence-corrected chi connectivity index (χ0v) is 22.8. The fourth-order valence-electron chi connectivity index (χ4n) is 4.45. The maximum absolute atomic E-state index is 13.0. The zero-order valence-electron chi connectivity index (χ0n) is 21.2. The van der Waals surface area contributed by atoms with Crippen molar-refractivity contribution < 1.29 is 17.7 Å². The zero-order chi connectivity index (χ0) is 27.1. The van der Waals surface area contributed by atoms with Crippen molar-refractivity contribution in [2.75, 3.05) is 11.9 Å². The highest BCUT2D eigenvalue weighted by molar-refractivity contribution is 7.99. The molecule has 4 aromatic carbocycles. The number of benzene rings is 4. The van der Waals surface area contributed by atoms with E-state index in [1.807, 2.05) is 55.5 Å². The number of aromatic nitrogens is 2. The molecule has 194 valence electrons. The van der Waals surface area contributed by atoms with Gasteiger partial charge in [0.1, 0.15) is 0 Å². The fourth-order valence-corrected chi connectivity index (χ4v) is 6.93. The number of anilines is 1. The van der Waals surface area contributed by atoms with Gasteiger partial charge in [0.25, 0.3) is 11.8 Å². The third kappa shape index (κ3) is 4.86. The highest BCUT2D eigenvalue weighted by Gasteiger charge is 2.25. The van der Waals surface area contributed by atoms with Gasteiger partial charge >= 0.3 is 0 Å². The first-order chi connectivity index (χ1) is 18.8. The summed E-state index contributed by atoms with van der Waals surface area (Å²) < 4.78 is 31.4. The second-order valence-electron chi connectivity index (χ2n) is 9.34. The van der Waals surface area contributed by atoms with E-state index in [1.165, 1.54) is 11.8 Å². The molecule has 1 aromatic heterocycles. The van der Waals surface area contributed by atoms with Gasteiger partial charge in [-0.05, 0) is 67.1 Å². The Morgan fingerprint density at radius 3 is 2.49 bits per heavy atom. The molecule has 7 nitrogen and oxygen atoms in total. The van der Waals surface area contributed by atoms with Crippen LogP contribution >= 0.6 is 11.8 Å². The molecule has 0 fully saturated rings. The number of nitrogens with zero attached hydrogens (tertiary/aromatic N) is 3. The topological polar surface area (TPSA) is 93.4 Å². The molecule has 0 bridgehead atoms. The molecular weight excluding hydrogens is 530 g/mol. The average Bonchev–Trinajstić information content (AvgIpc) is 3.40. The highest BCUT2D eigenvalue weighted by atomic mass is 32.2. The second kappa shape index (κ2) is 9.83. The first-order valence-corrected chi connectivity index (χ1v) is 14.7. The molecule has 9 heteroatoms. The van der Waals surface area contributed by atoms with E-state index in [2.05, 4.69) is 10.1 Å². The van der Waals surface area contributed by atoms with Crippen LogP contribution in [0.4, 0.5) is 5.69 Å². The number of rotatable bonds is 5. The summed E-state index contributed by atoms with van der Waals surface area (Å²) in [4.78, 5) is 21.3. The largest absolute Gasteiger partial charge is 0.334 e. The number of hydrogen-bond acceptors (Lipinski definition) is 7. The van der Waals surface area contributed by atoms with Gasteiger partial charge in [-0.1, -0.05) is 58.9 Å². The van der Waals surface area contributed by atoms with E-state index in [0.29, 0.717) is 28.4 Å². The summed E-state index contributed by atoms with van der Waals surface area (Å²) in [6.45, 7) is 1.92. The van der Waals surface area contributed by atoms with Crippen molar-refractivity contribution in [2.45, 2.75) is 27.4 Å². The van der Waals surface area contributed by atoms with Crippen LogP contribution in [0.1, 0.15) is 21.5 Å². The van der Waals surface area contributed by atoms with Crippen molar-refractivity contribution in [1.82, 2.24) is 10.1 Å². The van der Waals surface area contributed by atoms with Crippen molar-refractivity contribution in [2.24, 2.45) is 0 Å². The number of carbonyl (C=O) groups excluding carboxylic acids is 1. The molecule has 1 aliphatic rings. The van der Waals surface area contributed by atoms with Crippen molar-refractivity contribution in [3.63, 3.8) is 0 Å². The lowest BCUT2D eigenvalue weighted by atomic mass is 10.1. The fraction of sp³-hybridized carbons (Fsp3) is 0.100. The molecule has 0 N–H and O–H groups in total. The molecule has 1 amide bonds. The van der Waals surface area contributed by atoms with Crippen LogP contribution in [-0.4, -0.2) is 31.5 Å². The summed E-state index contributed by atoms with van der Waals surface area (Å²) in [5, 5.41) is 4.18. The van der Waals surface area contributed by atoms with E-state index in [4.69, 9.17) is 4.52 Å². The van der Waals surface area contributed by atoms with Crippen molar-refractivity contribution in [3.05, 3.63) is 108 Å². The number of sulfone groups is 1. The molecule has 39 heavy (non-hydrogen) atoms. The minimum atomic E-state index is -3.51. The van der Waals surface area contributed by atoms with E-state index in [9.17, 15) is 13.2 Å². The monoisotopic (exact) mass is 553 g/mol. The van der Waals surface area contributed by atoms with Crippen LogP contribution in [0.25, 0.3) is 22.8 Å². The Bertz CT molecular complexity index is 1830. The summed E-state index contributed by atoms with van der Waals surface area (Å²) in [5.74, 6) is 0.494. The Morgan fingerprint density at radius 1 is 0.872 bits per heavy atom. The van der Waals surface area contributed by atoms with Crippen LogP contribution in [0.3, 0.4) is 0 Å². The Balaban J connectivity index is 1.28. The van der Waals surface area contributed by atoms with Gasteiger partial charge in [-0.25, -0.2) is 8.42 Å². The van der Waals surface area contributed by atoms with Gasteiger partial charge in [-0.15, -0.1) is 0 Å². The predicted molar refractivity (Wildman–Crippen MR) is 151 cm³/mol. The number of fused-ring (bicyclic) bond motifs is 2. The van der Waals surface area contributed by atoms with E-state index in [-0.39, 0.29) is 16.6 Å². The minimum absolute atomic E-state index is 0.0595. The van der Waals surface area contributed by atoms with Crippen LogP contribution in [0.5, 0.6) is 0 Å². The molecule has 0 saturated heterocycles. The summed E-state index contributed by atoms with van der Waals surface area (Å²) in [6, 6.07) is 27.2. The normalized spacial score (nSPS) is 13.1. The Kier molecular flexibility index (Phi) is 6.32. The van der Waals surface area contributed by atoms with E-state index < -0.39 is 9.84 Å². The molecule has 0 atom stereocenters. The molecule has 6 rings (SSSR count). The third-order valence-corrected chi connectivity index (χ3v) is 9.38. The predicted octanol–water partition coefficient (Wildman–Crippen LogP) is 6.43. The minimum Gasteiger partial charge on any atom is -0.334 e. The first-order valence-electron chi connectivity index (χ1n) is 12.2. The molecule has 0 radical (unpaired) electrons. The van der Waals surface area contributed by atoms with Crippen LogP contribution in [0.15, 0.2) is 110 Å². The van der Waals surface area contributed by atoms with Gasteiger partial charge in [0, 0.05) is 28.0 Å². The lowest BCUT2D eigenvalue weighted by Gasteiger charge is -2.17. The molecule has 0 spiro atoms. The van der Waals surface area contributed by atoms with Gasteiger partial charge in [0.05, 0.1) is 21.9 Å². The molecular formula is C30H23N3O4S2. The first kappa shape index (κ1) is 25.1. The molecule has 5 aromatic rings. The van der Waals surface area contributed by atoms with Gasteiger partial charge in [0.2, 0.25) is 5.82 Å². The Labute approximate surface area is 230 Å². The van der Waals surface area contributed by atoms with Crippen LogP contribution in [0, 0.1) is 6.92 Å². The standard InChI is InChI=1S/C30H23N3O4S2/c1-19-10-13-23(14-11-19)39(35,36)18-20-6-5-7-22(16-20)29-31-28(32-37-29)21-12-15-25-27(17-21)38-26-9-4-3-8-24(26)30(34)33(25)2/h3-17H,18H2,1-2H3. The number of amides is 1. The lowest BCUT2D eigenvalue weighted by molar-refractivity contribution is 0.0990. The van der Waals surface area contributed by atoms with E-state index in [0.717, 1.165) is 26.6 Å². The number of carbonyl (C=O) groups is 1. The lowest BCUT2D eigenvalue weighted by Crippen LogP contribution is -2.25. The third-order valence-electron chi connectivity index (χ3n) is 6.56. The number of aryl methyl sites for hydroxylation is 1. The molecule has 0 aliphatic carbocycles. The average molecular weight is 554 g/mol. The molecule has 0 saturated carbocycles. The summed E-state index contributed by atoms with van der Waals surface area (Å²) in [5.41, 5.74) is 4.47. The summed E-state index contributed by atoms with van der Waals surface area (Å²) >= 11 is 1.52. The SMILES string of the molecule is Cc1ccc(S(=O)(=O)Cc2cccc(-c3nc(-c4ccc5c(c4)Sc4ccccc4C(=O)N5C)no3)c2)cc1. The second-order valence-corrected chi connectivity index (χ2v) is 12.4. The van der Waals surface area contributed by atoms with E-state index >= 15 is 0 Å². The van der Waals surface area contributed by atoms with Gasteiger partial charge in [-0.3, -0.25) is 4.79 Å². The van der Waals surface area contributed by atoms with Crippen molar-refractivity contribution in [1.29, 1.82) is 0 Å². The van der Waals surface area contributed by atoms with Crippen molar-refractivity contribution >= 4 is 33.2 Å². The molecule has 2 heterocycles. The highest BCUT2D eigenvalue weighted by Crippen LogP contribution is 2.42.